The fourth-order valence-corrected chi connectivity index (χ4v) is 4.80. The minimum atomic E-state index is -0.367. The molecule has 0 atom stereocenters. The molecule has 1 aromatic carbocycles. The largest absolute Gasteiger partial charge is 0.493 e. The Morgan fingerprint density at radius 2 is 1.74 bits per heavy atom. The molecule has 0 aliphatic rings. The van der Waals surface area contributed by atoms with Gasteiger partial charge < -0.3 is 20.1 Å². The van der Waals surface area contributed by atoms with Crippen LogP contribution in [0.1, 0.15) is 93.6 Å². The Balaban J connectivity index is 1.88. The number of hydrogen-bond acceptors (Lipinski definition) is 5. The van der Waals surface area contributed by atoms with Crippen molar-refractivity contribution < 1.29 is 14.3 Å². The number of benzene rings is 1. The zero-order valence-electron chi connectivity index (χ0n) is 22.6. The van der Waals surface area contributed by atoms with Gasteiger partial charge in [0.15, 0.2) is 5.11 Å². The van der Waals surface area contributed by atoms with E-state index in [0.29, 0.717) is 22.3 Å². The lowest BCUT2D eigenvalue weighted by Gasteiger charge is -2.30. The van der Waals surface area contributed by atoms with E-state index in [9.17, 15) is 4.79 Å². The number of ether oxygens (including phenoxy) is 2. The molecular weight excluding hydrogens is 476 g/mol. The van der Waals surface area contributed by atoms with Crippen LogP contribution < -0.4 is 15.4 Å². The molecule has 0 aliphatic heterocycles. The highest BCUT2D eigenvalue weighted by atomic mass is 32.1. The number of rotatable bonds is 12. The van der Waals surface area contributed by atoms with Crippen LogP contribution in [-0.2, 0) is 15.6 Å². The summed E-state index contributed by atoms with van der Waals surface area (Å²) in [5.74, 6) is 0.620. The number of nitrogens with one attached hydrogen (secondary N) is 2. The van der Waals surface area contributed by atoms with Crippen molar-refractivity contribution >= 4 is 39.6 Å². The first-order valence-electron chi connectivity index (χ1n) is 12.5. The Kier molecular flexibility index (Phi) is 10.6. The standard InChI is InChI=1S/C28H42N2O3S2/c1-9-27(4,5)20-13-14-23(22(18-20)28(6,7)10-2)33-16-12-11-15-29-26(34)30-24-21(25(31)32-8)17-19(3)35-24/h13-14,17-18H,9-12,15-16H2,1-8H3,(H2,29,30,34). The monoisotopic (exact) mass is 518 g/mol. The van der Waals surface area contributed by atoms with Crippen molar-refractivity contribution in [2.75, 3.05) is 25.6 Å². The van der Waals surface area contributed by atoms with E-state index in [4.69, 9.17) is 21.7 Å². The normalized spacial score (nSPS) is 11.8. The smallest absolute Gasteiger partial charge is 0.340 e. The maximum absolute atomic E-state index is 11.9. The lowest BCUT2D eigenvalue weighted by molar-refractivity contribution is 0.0602. The van der Waals surface area contributed by atoms with E-state index in [0.717, 1.165) is 42.9 Å². The molecule has 0 saturated carbocycles. The van der Waals surface area contributed by atoms with Gasteiger partial charge in [-0.1, -0.05) is 53.7 Å². The minimum Gasteiger partial charge on any atom is -0.493 e. The molecule has 0 aliphatic carbocycles. The van der Waals surface area contributed by atoms with E-state index in [1.807, 2.05) is 13.0 Å². The average molecular weight is 519 g/mol. The highest BCUT2D eigenvalue weighted by molar-refractivity contribution is 7.80. The first-order chi connectivity index (χ1) is 16.4. The van der Waals surface area contributed by atoms with E-state index in [-0.39, 0.29) is 16.8 Å². The molecule has 194 valence electrons. The number of thiophene rings is 1. The highest BCUT2D eigenvalue weighted by Crippen LogP contribution is 2.38. The Hall–Kier alpha value is -2.12. The number of anilines is 1. The van der Waals surface area contributed by atoms with Crippen LogP contribution >= 0.6 is 23.6 Å². The minimum absolute atomic E-state index is 0.0533. The van der Waals surface area contributed by atoms with Gasteiger partial charge in [-0.05, 0) is 73.4 Å². The summed E-state index contributed by atoms with van der Waals surface area (Å²) in [6, 6.07) is 8.53. The van der Waals surface area contributed by atoms with Crippen molar-refractivity contribution in [1.82, 2.24) is 5.32 Å². The second-order valence-corrected chi connectivity index (χ2v) is 11.9. The van der Waals surface area contributed by atoms with Crippen LogP contribution in [0.2, 0.25) is 0 Å². The first-order valence-corrected chi connectivity index (χ1v) is 13.7. The number of unbranched alkanes of at least 4 members (excludes halogenated alkanes) is 1. The number of aryl methyl sites for hydroxylation is 1. The van der Waals surface area contributed by atoms with Crippen LogP contribution in [0.4, 0.5) is 5.00 Å². The van der Waals surface area contributed by atoms with Crippen LogP contribution in [0.3, 0.4) is 0 Å². The van der Waals surface area contributed by atoms with Gasteiger partial charge >= 0.3 is 5.97 Å². The third kappa shape index (κ3) is 7.94. The molecule has 0 amide bonds. The summed E-state index contributed by atoms with van der Waals surface area (Å²) in [5.41, 5.74) is 3.36. The maximum atomic E-state index is 11.9. The first kappa shape index (κ1) is 29.1. The molecule has 0 fully saturated rings. The molecular formula is C28H42N2O3S2. The van der Waals surface area contributed by atoms with Gasteiger partial charge in [-0.15, -0.1) is 11.3 Å². The zero-order valence-corrected chi connectivity index (χ0v) is 24.2. The van der Waals surface area contributed by atoms with Crippen molar-refractivity contribution in [3.05, 3.63) is 45.8 Å². The Labute approximate surface area is 221 Å². The summed E-state index contributed by atoms with van der Waals surface area (Å²) in [7, 11) is 1.38. The maximum Gasteiger partial charge on any atom is 0.340 e. The Morgan fingerprint density at radius 1 is 1.06 bits per heavy atom. The van der Waals surface area contributed by atoms with Gasteiger partial charge in [0.1, 0.15) is 10.8 Å². The Bertz CT molecular complexity index is 1010. The molecule has 0 bridgehead atoms. The molecule has 0 unspecified atom stereocenters. The molecule has 7 heteroatoms. The second-order valence-electron chi connectivity index (χ2n) is 10.2. The molecule has 1 aromatic heterocycles. The molecule has 2 rings (SSSR count). The lowest BCUT2D eigenvalue weighted by Crippen LogP contribution is -2.29. The van der Waals surface area contributed by atoms with E-state index in [1.165, 1.54) is 29.6 Å². The SMILES string of the molecule is CCC(C)(C)c1ccc(OCCCCNC(=S)Nc2sc(C)cc2C(=O)OC)c(C(C)(C)CC)c1. The number of methoxy groups -OCH3 is 1. The fraction of sp³-hybridized carbons (Fsp3) is 0.571. The van der Waals surface area contributed by atoms with Crippen LogP contribution in [0, 0.1) is 6.92 Å². The molecule has 0 saturated heterocycles. The molecule has 0 radical (unpaired) electrons. The predicted octanol–water partition coefficient (Wildman–Crippen LogP) is 7.36. The fourth-order valence-electron chi connectivity index (χ4n) is 3.63. The summed E-state index contributed by atoms with van der Waals surface area (Å²) in [6.07, 6.45) is 3.98. The highest BCUT2D eigenvalue weighted by Gasteiger charge is 2.26. The number of thiocarbonyl (C=S) groups is 1. The van der Waals surface area contributed by atoms with Crippen LogP contribution in [-0.4, -0.2) is 31.3 Å². The molecule has 1 heterocycles. The van der Waals surface area contributed by atoms with Crippen molar-refractivity contribution in [1.29, 1.82) is 0 Å². The van der Waals surface area contributed by atoms with Crippen molar-refractivity contribution in [2.45, 2.75) is 85.0 Å². The van der Waals surface area contributed by atoms with Gasteiger partial charge in [0.05, 0.1) is 19.3 Å². The second kappa shape index (κ2) is 12.7. The van der Waals surface area contributed by atoms with Gasteiger partial charge in [-0.2, -0.15) is 0 Å². The number of hydrogen-bond donors (Lipinski definition) is 2. The molecule has 2 aromatic rings. The van der Waals surface area contributed by atoms with Crippen molar-refractivity contribution in [3.63, 3.8) is 0 Å². The van der Waals surface area contributed by atoms with E-state index < -0.39 is 0 Å². The lowest BCUT2D eigenvalue weighted by atomic mass is 9.76. The van der Waals surface area contributed by atoms with Crippen molar-refractivity contribution in [3.8, 4) is 5.75 Å². The Morgan fingerprint density at radius 3 is 2.37 bits per heavy atom. The molecule has 5 nitrogen and oxygen atoms in total. The molecule has 0 spiro atoms. The summed E-state index contributed by atoms with van der Waals surface area (Å²) < 4.78 is 11.1. The van der Waals surface area contributed by atoms with Gasteiger partial charge in [0.25, 0.3) is 0 Å². The van der Waals surface area contributed by atoms with E-state index in [1.54, 1.807) is 0 Å². The predicted molar refractivity (Wildman–Crippen MR) is 152 cm³/mol. The quantitative estimate of drug-likeness (QED) is 0.174. The third-order valence-electron chi connectivity index (χ3n) is 6.86. The number of carbonyl (C=O) groups excluding carboxylic acids is 1. The average Bonchev–Trinajstić information content (AvgIpc) is 3.20. The summed E-state index contributed by atoms with van der Waals surface area (Å²) in [4.78, 5) is 13.0. The third-order valence-corrected chi connectivity index (χ3v) is 8.07. The van der Waals surface area contributed by atoms with Crippen LogP contribution in [0.15, 0.2) is 24.3 Å². The molecule has 2 N–H and O–H groups in total. The van der Waals surface area contributed by atoms with Gasteiger partial charge in [0.2, 0.25) is 0 Å². The van der Waals surface area contributed by atoms with Gasteiger partial charge in [-0.25, -0.2) is 4.79 Å². The van der Waals surface area contributed by atoms with E-state index in [2.05, 4.69) is 70.4 Å². The summed E-state index contributed by atoms with van der Waals surface area (Å²) in [6.45, 7) is 17.0. The molecule has 35 heavy (non-hydrogen) atoms. The van der Waals surface area contributed by atoms with Gasteiger partial charge in [0, 0.05) is 17.0 Å². The van der Waals surface area contributed by atoms with Crippen LogP contribution in [0.5, 0.6) is 5.75 Å². The van der Waals surface area contributed by atoms with Gasteiger partial charge in [-0.3, -0.25) is 0 Å². The van der Waals surface area contributed by atoms with E-state index >= 15 is 0 Å². The number of carbonyl (C=O) groups is 1. The van der Waals surface area contributed by atoms with Crippen LogP contribution in [0.25, 0.3) is 0 Å². The zero-order chi connectivity index (χ0) is 26.2. The van der Waals surface area contributed by atoms with Crippen molar-refractivity contribution in [2.24, 2.45) is 0 Å². The number of esters is 1. The topological polar surface area (TPSA) is 59.6 Å². The summed E-state index contributed by atoms with van der Waals surface area (Å²) >= 11 is 6.89. The summed E-state index contributed by atoms with van der Waals surface area (Å²) in [5, 5.41) is 7.54.